The number of benzene rings is 1. The number of ether oxygens (including phenoxy) is 2. The van der Waals surface area contributed by atoms with Crippen molar-refractivity contribution in [1.29, 1.82) is 0 Å². The molecule has 1 aliphatic rings. The van der Waals surface area contributed by atoms with Gasteiger partial charge in [-0.15, -0.1) is 0 Å². The standard InChI is InChI=1S/C15H23N3O3/c1-20-13-5-7-18(8-6-13)9-10-21-14-4-2-3-12(11-14)15(19)17-16/h2-4,11,13H,5-10,16H2,1H3,(H,17,19). The zero-order valence-corrected chi connectivity index (χ0v) is 12.4. The fourth-order valence-corrected chi connectivity index (χ4v) is 2.47. The second kappa shape index (κ2) is 7.97. The predicted molar refractivity (Wildman–Crippen MR) is 80.1 cm³/mol. The van der Waals surface area contributed by atoms with Gasteiger partial charge in [-0.2, -0.15) is 0 Å². The van der Waals surface area contributed by atoms with Gasteiger partial charge in [0.25, 0.3) is 5.91 Å². The van der Waals surface area contributed by atoms with Crippen molar-refractivity contribution in [3.05, 3.63) is 29.8 Å². The molecule has 0 bridgehead atoms. The van der Waals surface area contributed by atoms with Gasteiger partial charge >= 0.3 is 0 Å². The summed E-state index contributed by atoms with van der Waals surface area (Å²) in [5, 5.41) is 0. The number of nitrogens with one attached hydrogen (secondary N) is 1. The molecule has 21 heavy (non-hydrogen) atoms. The number of rotatable bonds is 6. The molecule has 116 valence electrons. The van der Waals surface area contributed by atoms with Gasteiger partial charge in [0.1, 0.15) is 12.4 Å². The van der Waals surface area contributed by atoms with Gasteiger partial charge in [-0.05, 0) is 31.0 Å². The van der Waals surface area contributed by atoms with E-state index in [-0.39, 0.29) is 5.91 Å². The molecule has 6 heteroatoms. The maximum absolute atomic E-state index is 11.4. The van der Waals surface area contributed by atoms with Crippen molar-refractivity contribution in [2.24, 2.45) is 5.84 Å². The number of hydrogen-bond donors (Lipinski definition) is 2. The molecule has 1 saturated heterocycles. The Labute approximate surface area is 125 Å². The van der Waals surface area contributed by atoms with Gasteiger partial charge in [-0.3, -0.25) is 15.1 Å². The topological polar surface area (TPSA) is 76.8 Å². The van der Waals surface area contributed by atoms with Crippen molar-refractivity contribution in [3.8, 4) is 5.75 Å². The lowest BCUT2D eigenvalue weighted by Gasteiger charge is -2.30. The van der Waals surface area contributed by atoms with Crippen LogP contribution < -0.4 is 16.0 Å². The number of carbonyl (C=O) groups is 1. The largest absolute Gasteiger partial charge is 0.492 e. The Balaban J connectivity index is 1.75. The molecule has 0 radical (unpaired) electrons. The van der Waals surface area contributed by atoms with Crippen molar-refractivity contribution in [3.63, 3.8) is 0 Å². The fraction of sp³-hybridized carbons (Fsp3) is 0.533. The molecule has 0 spiro atoms. The highest BCUT2D eigenvalue weighted by Gasteiger charge is 2.18. The Bertz CT molecular complexity index is 459. The van der Waals surface area contributed by atoms with Gasteiger partial charge in [0.05, 0.1) is 6.10 Å². The third-order valence-electron chi connectivity index (χ3n) is 3.77. The minimum Gasteiger partial charge on any atom is -0.492 e. The number of hydrazine groups is 1. The van der Waals surface area contributed by atoms with E-state index in [1.54, 1.807) is 25.3 Å². The fourth-order valence-electron chi connectivity index (χ4n) is 2.47. The Kier molecular flexibility index (Phi) is 5.98. The number of nitrogens with zero attached hydrogens (tertiary/aromatic N) is 1. The summed E-state index contributed by atoms with van der Waals surface area (Å²) in [6.07, 6.45) is 2.54. The van der Waals surface area contributed by atoms with Crippen LogP contribution in [0, 0.1) is 0 Å². The molecule has 2 rings (SSSR count). The normalized spacial score (nSPS) is 16.7. The van der Waals surface area contributed by atoms with Crippen molar-refractivity contribution in [1.82, 2.24) is 10.3 Å². The van der Waals surface area contributed by atoms with Crippen LogP contribution in [0.25, 0.3) is 0 Å². The molecule has 6 nitrogen and oxygen atoms in total. The molecule has 1 amide bonds. The number of nitrogen functional groups attached to an aromatic ring is 1. The predicted octanol–water partition coefficient (Wildman–Crippen LogP) is 0.780. The van der Waals surface area contributed by atoms with Crippen LogP contribution in [0.3, 0.4) is 0 Å². The van der Waals surface area contributed by atoms with Crippen LogP contribution in [0.2, 0.25) is 0 Å². The number of nitrogens with two attached hydrogens (primary N) is 1. The van der Waals surface area contributed by atoms with Crippen molar-refractivity contribution in [2.75, 3.05) is 33.4 Å². The molecule has 0 aromatic heterocycles. The Hall–Kier alpha value is -1.63. The van der Waals surface area contributed by atoms with Gasteiger partial charge < -0.3 is 9.47 Å². The summed E-state index contributed by atoms with van der Waals surface area (Å²) in [5.74, 6) is 5.48. The summed E-state index contributed by atoms with van der Waals surface area (Å²) in [6.45, 7) is 3.56. The third kappa shape index (κ3) is 4.70. The molecule has 1 aromatic rings. The lowest BCUT2D eigenvalue weighted by atomic mass is 10.1. The summed E-state index contributed by atoms with van der Waals surface area (Å²) < 4.78 is 11.1. The minimum atomic E-state index is -0.318. The molecular weight excluding hydrogens is 270 g/mol. The van der Waals surface area contributed by atoms with Gasteiger partial charge in [-0.1, -0.05) is 6.07 Å². The van der Waals surface area contributed by atoms with Gasteiger partial charge in [-0.25, -0.2) is 5.84 Å². The number of hydrogen-bond acceptors (Lipinski definition) is 5. The molecular formula is C15H23N3O3. The Morgan fingerprint density at radius 1 is 1.43 bits per heavy atom. The average Bonchev–Trinajstić information content (AvgIpc) is 2.55. The van der Waals surface area contributed by atoms with E-state index >= 15 is 0 Å². The Morgan fingerprint density at radius 3 is 2.86 bits per heavy atom. The van der Waals surface area contributed by atoms with E-state index < -0.39 is 0 Å². The quantitative estimate of drug-likeness (QED) is 0.460. The summed E-state index contributed by atoms with van der Waals surface area (Å²) in [7, 11) is 1.77. The SMILES string of the molecule is COC1CCN(CCOc2cccc(C(=O)NN)c2)CC1. The first-order chi connectivity index (χ1) is 10.2. The second-order valence-electron chi connectivity index (χ2n) is 5.13. The highest BCUT2D eigenvalue weighted by molar-refractivity contribution is 5.94. The molecule has 1 heterocycles. The summed E-state index contributed by atoms with van der Waals surface area (Å²) >= 11 is 0. The van der Waals surface area contributed by atoms with Crippen LogP contribution in [0.1, 0.15) is 23.2 Å². The smallest absolute Gasteiger partial charge is 0.265 e. The highest BCUT2D eigenvalue weighted by atomic mass is 16.5. The average molecular weight is 293 g/mol. The van der Waals surface area contributed by atoms with Gasteiger partial charge in [0.2, 0.25) is 0 Å². The Morgan fingerprint density at radius 2 is 2.19 bits per heavy atom. The van der Waals surface area contributed by atoms with Crippen LogP contribution in [0.15, 0.2) is 24.3 Å². The summed E-state index contributed by atoms with van der Waals surface area (Å²) in [6, 6.07) is 7.01. The van der Waals surface area contributed by atoms with E-state index in [2.05, 4.69) is 10.3 Å². The monoisotopic (exact) mass is 293 g/mol. The van der Waals surface area contributed by atoms with E-state index in [1.165, 1.54) is 0 Å². The van der Waals surface area contributed by atoms with Crippen LogP contribution in [0.4, 0.5) is 0 Å². The van der Waals surface area contributed by atoms with Crippen molar-refractivity contribution < 1.29 is 14.3 Å². The van der Waals surface area contributed by atoms with E-state index in [0.29, 0.717) is 24.0 Å². The van der Waals surface area contributed by atoms with E-state index in [1.807, 2.05) is 6.07 Å². The second-order valence-corrected chi connectivity index (χ2v) is 5.13. The highest BCUT2D eigenvalue weighted by Crippen LogP contribution is 2.15. The van der Waals surface area contributed by atoms with Crippen LogP contribution >= 0.6 is 0 Å². The zero-order chi connectivity index (χ0) is 15.1. The van der Waals surface area contributed by atoms with Crippen LogP contribution in [-0.4, -0.2) is 50.3 Å². The molecule has 0 atom stereocenters. The zero-order valence-electron chi connectivity index (χ0n) is 12.4. The first kappa shape index (κ1) is 15.8. The summed E-state index contributed by atoms with van der Waals surface area (Å²) in [4.78, 5) is 13.8. The van der Waals surface area contributed by atoms with Gasteiger partial charge in [0.15, 0.2) is 0 Å². The third-order valence-corrected chi connectivity index (χ3v) is 3.77. The number of piperidine rings is 1. The lowest BCUT2D eigenvalue weighted by Crippen LogP contribution is -2.38. The van der Waals surface area contributed by atoms with Gasteiger partial charge in [0, 0.05) is 32.3 Å². The molecule has 0 saturated carbocycles. The number of carbonyl (C=O) groups excluding carboxylic acids is 1. The van der Waals surface area contributed by atoms with E-state index in [9.17, 15) is 4.79 Å². The van der Waals surface area contributed by atoms with E-state index in [4.69, 9.17) is 15.3 Å². The number of methoxy groups -OCH3 is 1. The molecule has 1 aromatic carbocycles. The van der Waals surface area contributed by atoms with Crippen molar-refractivity contribution in [2.45, 2.75) is 18.9 Å². The lowest BCUT2D eigenvalue weighted by molar-refractivity contribution is 0.0375. The minimum absolute atomic E-state index is 0.318. The molecule has 3 N–H and O–H groups in total. The first-order valence-corrected chi connectivity index (χ1v) is 7.22. The van der Waals surface area contributed by atoms with E-state index in [0.717, 1.165) is 32.5 Å². The first-order valence-electron chi connectivity index (χ1n) is 7.22. The van der Waals surface area contributed by atoms with Crippen LogP contribution in [-0.2, 0) is 4.74 Å². The molecule has 1 fully saturated rings. The maximum Gasteiger partial charge on any atom is 0.265 e. The molecule has 1 aliphatic heterocycles. The molecule has 0 unspecified atom stereocenters. The van der Waals surface area contributed by atoms with Crippen molar-refractivity contribution >= 4 is 5.91 Å². The number of likely N-dealkylation sites (tertiary alicyclic amines) is 1. The molecule has 0 aliphatic carbocycles. The summed E-state index contributed by atoms with van der Waals surface area (Å²) in [5.41, 5.74) is 2.61. The number of amides is 1. The maximum atomic E-state index is 11.4. The van der Waals surface area contributed by atoms with Crippen LogP contribution in [0.5, 0.6) is 5.75 Å².